The molecule has 0 spiro atoms. The molecule has 0 unspecified atom stereocenters. The maximum absolute atomic E-state index is 11.6. The van der Waals surface area contributed by atoms with Gasteiger partial charge in [0.25, 0.3) is 0 Å². The van der Waals surface area contributed by atoms with Gasteiger partial charge in [0.2, 0.25) is 5.78 Å². The number of Topliss-reactive ketones (excluding diaryl/α,β-unsaturated/α-hetero) is 1. The van der Waals surface area contributed by atoms with Crippen LogP contribution in [0.3, 0.4) is 0 Å². The lowest BCUT2D eigenvalue weighted by Crippen LogP contribution is -2.14. The molecular weight excluding hydrogens is 254 g/mol. The van der Waals surface area contributed by atoms with E-state index in [0.717, 1.165) is 0 Å². The molecular formula is C13H10ClNO3. The average Bonchev–Trinajstić information content (AvgIpc) is 2.89. The first-order chi connectivity index (χ1) is 8.66. The number of H-pyrrole nitrogens is 1. The van der Waals surface area contributed by atoms with Gasteiger partial charge >= 0.3 is 5.97 Å². The monoisotopic (exact) mass is 263 g/mol. The summed E-state index contributed by atoms with van der Waals surface area (Å²) < 4.78 is 4.90. The van der Waals surface area contributed by atoms with Crippen molar-refractivity contribution in [2.24, 2.45) is 0 Å². The number of ether oxygens (including phenoxy) is 1. The zero-order valence-electron chi connectivity index (χ0n) is 9.35. The number of ketones is 1. The fourth-order valence-electron chi connectivity index (χ4n) is 1.41. The number of hydrogen-bond acceptors (Lipinski definition) is 3. The van der Waals surface area contributed by atoms with Crippen LogP contribution in [0, 0.1) is 0 Å². The molecule has 1 aromatic heterocycles. The molecule has 0 bridgehead atoms. The first kappa shape index (κ1) is 12.4. The van der Waals surface area contributed by atoms with Crippen LogP contribution >= 0.6 is 11.6 Å². The average molecular weight is 264 g/mol. The van der Waals surface area contributed by atoms with Crippen LogP contribution in [0.5, 0.6) is 0 Å². The van der Waals surface area contributed by atoms with Gasteiger partial charge < -0.3 is 9.72 Å². The Morgan fingerprint density at radius 2 is 2.06 bits per heavy atom. The van der Waals surface area contributed by atoms with Crippen molar-refractivity contribution in [3.63, 3.8) is 0 Å². The van der Waals surface area contributed by atoms with Gasteiger partial charge in [-0.25, -0.2) is 4.79 Å². The van der Waals surface area contributed by atoms with E-state index in [1.165, 1.54) is 6.07 Å². The van der Waals surface area contributed by atoms with E-state index in [4.69, 9.17) is 16.3 Å². The van der Waals surface area contributed by atoms with Crippen molar-refractivity contribution >= 4 is 23.4 Å². The highest BCUT2D eigenvalue weighted by atomic mass is 35.5. The summed E-state index contributed by atoms with van der Waals surface area (Å²) in [6.07, 6.45) is 1.63. The molecule has 2 rings (SSSR count). The van der Waals surface area contributed by atoms with Crippen LogP contribution in [-0.4, -0.2) is 23.3 Å². The van der Waals surface area contributed by atoms with Crippen LogP contribution in [-0.2, 0) is 4.74 Å². The van der Waals surface area contributed by atoms with Crippen molar-refractivity contribution in [2.75, 3.05) is 6.61 Å². The second-order valence-corrected chi connectivity index (χ2v) is 4.03. The highest BCUT2D eigenvalue weighted by Crippen LogP contribution is 2.11. The molecule has 0 aliphatic rings. The van der Waals surface area contributed by atoms with Crippen molar-refractivity contribution in [1.29, 1.82) is 0 Å². The Balaban J connectivity index is 1.95. The lowest BCUT2D eigenvalue weighted by molar-refractivity contribution is 0.0473. The highest BCUT2D eigenvalue weighted by molar-refractivity contribution is 6.30. The Bertz CT molecular complexity index is 563. The molecule has 1 aromatic carbocycles. The Labute approximate surface area is 109 Å². The number of hydrogen-bond donors (Lipinski definition) is 1. The van der Waals surface area contributed by atoms with Gasteiger partial charge in [0.15, 0.2) is 6.61 Å². The minimum absolute atomic E-state index is 0.282. The van der Waals surface area contributed by atoms with Crippen LogP contribution in [0.2, 0.25) is 5.02 Å². The number of nitrogens with one attached hydrogen (secondary N) is 1. The van der Waals surface area contributed by atoms with E-state index in [2.05, 4.69) is 4.98 Å². The largest absolute Gasteiger partial charge is 0.454 e. The zero-order chi connectivity index (χ0) is 13.0. The number of benzene rings is 1. The van der Waals surface area contributed by atoms with Gasteiger partial charge in [-0.05, 0) is 30.3 Å². The molecule has 0 radical (unpaired) electrons. The number of halogens is 1. The minimum atomic E-state index is -0.572. The maximum Gasteiger partial charge on any atom is 0.338 e. The third-order valence-corrected chi connectivity index (χ3v) is 2.53. The van der Waals surface area contributed by atoms with Crippen LogP contribution in [0.15, 0.2) is 42.6 Å². The molecule has 2 aromatic rings. The van der Waals surface area contributed by atoms with Gasteiger partial charge in [0.05, 0.1) is 11.3 Å². The number of aromatic nitrogens is 1. The Hall–Kier alpha value is -2.07. The van der Waals surface area contributed by atoms with Crippen molar-refractivity contribution in [2.45, 2.75) is 0 Å². The topological polar surface area (TPSA) is 59.2 Å². The molecule has 4 nitrogen and oxygen atoms in total. The third-order valence-electron chi connectivity index (χ3n) is 2.29. The van der Waals surface area contributed by atoms with E-state index in [1.54, 1.807) is 36.5 Å². The van der Waals surface area contributed by atoms with Crippen molar-refractivity contribution < 1.29 is 14.3 Å². The molecule has 0 fully saturated rings. The predicted molar refractivity (Wildman–Crippen MR) is 66.9 cm³/mol. The van der Waals surface area contributed by atoms with Crippen molar-refractivity contribution in [1.82, 2.24) is 4.98 Å². The third kappa shape index (κ3) is 2.99. The summed E-state index contributed by atoms with van der Waals surface area (Å²) in [5.74, 6) is -0.854. The standard InChI is InChI=1S/C13H10ClNO3/c14-10-4-1-3-9(7-10)13(17)18-8-12(16)11-5-2-6-15-11/h1-7,15H,8H2. The first-order valence-corrected chi connectivity index (χ1v) is 5.64. The van der Waals surface area contributed by atoms with Crippen LogP contribution in [0.25, 0.3) is 0 Å². The van der Waals surface area contributed by atoms with E-state index in [9.17, 15) is 9.59 Å². The SMILES string of the molecule is O=C(OCC(=O)c1ccc[nH]1)c1cccc(Cl)c1. The normalized spacial score (nSPS) is 10.1. The van der Waals surface area contributed by atoms with E-state index in [-0.39, 0.29) is 12.4 Å². The fourth-order valence-corrected chi connectivity index (χ4v) is 1.60. The van der Waals surface area contributed by atoms with Crippen molar-refractivity contribution in [3.8, 4) is 0 Å². The predicted octanol–water partition coefficient (Wildman–Crippen LogP) is 2.71. The first-order valence-electron chi connectivity index (χ1n) is 5.26. The van der Waals surface area contributed by atoms with Gasteiger partial charge in [0.1, 0.15) is 0 Å². The lowest BCUT2D eigenvalue weighted by Gasteiger charge is -2.03. The smallest absolute Gasteiger partial charge is 0.338 e. The second kappa shape index (κ2) is 5.51. The van der Waals surface area contributed by atoms with Gasteiger partial charge in [0, 0.05) is 11.2 Å². The van der Waals surface area contributed by atoms with Gasteiger partial charge in [-0.15, -0.1) is 0 Å². The quantitative estimate of drug-likeness (QED) is 0.681. The number of rotatable bonds is 4. The molecule has 18 heavy (non-hydrogen) atoms. The molecule has 5 heteroatoms. The lowest BCUT2D eigenvalue weighted by atomic mass is 10.2. The molecule has 0 saturated heterocycles. The number of carbonyl (C=O) groups excluding carboxylic acids is 2. The number of aromatic amines is 1. The van der Waals surface area contributed by atoms with Gasteiger partial charge in [-0.3, -0.25) is 4.79 Å². The Morgan fingerprint density at radius 1 is 1.22 bits per heavy atom. The maximum atomic E-state index is 11.6. The summed E-state index contributed by atoms with van der Waals surface area (Å²) in [6, 6.07) is 9.69. The molecule has 0 atom stereocenters. The minimum Gasteiger partial charge on any atom is -0.454 e. The molecule has 0 amide bonds. The zero-order valence-corrected chi connectivity index (χ0v) is 10.1. The summed E-state index contributed by atoms with van der Waals surface area (Å²) in [4.78, 5) is 25.9. The Morgan fingerprint density at radius 3 is 2.72 bits per heavy atom. The summed E-state index contributed by atoms with van der Waals surface area (Å²) in [7, 11) is 0. The van der Waals surface area contributed by atoms with Gasteiger partial charge in [-0.1, -0.05) is 17.7 Å². The van der Waals surface area contributed by atoms with Crippen LogP contribution in [0.1, 0.15) is 20.8 Å². The molecule has 1 N–H and O–H groups in total. The summed E-state index contributed by atoms with van der Waals surface area (Å²) in [5.41, 5.74) is 0.732. The van der Waals surface area contributed by atoms with Crippen LogP contribution in [0.4, 0.5) is 0 Å². The van der Waals surface area contributed by atoms with E-state index in [1.807, 2.05) is 0 Å². The number of carbonyl (C=O) groups is 2. The number of esters is 1. The Kier molecular flexibility index (Phi) is 3.79. The molecule has 0 aliphatic carbocycles. The van der Waals surface area contributed by atoms with Crippen molar-refractivity contribution in [3.05, 3.63) is 58.9 Å². The second-order valence-electron chi connectivity index (χ2n) is 3.59. The molecule has 1 heterocycles. The van der Waals surface area contributed by atoms with E-state index in [0.29, 0.717) is 16.3 Å². The van der Waals surface area contributed by atoms with Crippen LogP contribution < -0.4 is 0 Å². The molecule has 0 aliphatic heterocycles. The van der Waals surface area contributed by atoms with Gasteiger partial charge in [-0.2, -0.15) is 0 Å². The highest BCUT2D eigenvalue weighted by Gasteiger charge is 2.12. The summed E-state index contributed by atoms with van der Waals surface area (Å²) in [6.45, 7) is -0.300. The summed E-state index contributed by atoms with van der Waals surface area (Å²) >= 11 is 5.75. The molecule has 0 saturated carbocycles. The fraction of sp³-hybridized carbons (Fsp3) is 0.0769. The summed E-state index contributed by atoms with van der Waals surface area (Å²) in [5, 5.41) is 0.445. The van der Waals surface area contributed by atoms with E-state index < -0.39 is 5.97 Å². The molecule has 92 valence electrons. The van der Waals surface area contributed by atoms with E-state index >= 15 is 0 Å².